The first-order valence-corrected chi connectivity index (χ1v) is 6.26. The second-order valence-electron chi connectivity index (χ2n) is 4.30. The van der Waals surface area contributed by atoms with Gasteiger partial charge in [-0.15, -0.1) is 0 Å². The number of benzene rings is 1. The van der Waals surface area contributed by atoms with Crippen molar-refractivity contribution in [2.45, 2.75) is 25.8 Å². The number of carboxylic acids is 1. The van der Waals surface area contributed by atoms with Gasteiger partial charge in [0, 0.05) is 11.6 Å². The van der Waals surface area contributed by atoms with E-state index in [9.17, 15) is 19.7 Å². The molecule has 0 aromatic heterocycles. The molecule has 1 aromatic carbocycles. The number of hydrogen-bond acceptors (Lipinski definition) is 5. The van der Waals surface area contributed by atoms with Crippen LogP contribution in [0.5, 0.6) is 5.75 Å². The van der Waals surface area contributed by atoms with Crippen molar-refractivity contribution in [3.63, 3.8) is 0 Å². The molecule has 1 amide bonds. The van der Waals surface area contributed by atoms with Crippen LogP contribution in [0.2, 0.25) is 0 Å². The Hall–Kier alpha value is -2.64. The van der Waals surface area contributed by atoms with Gasteiger partial charge in [-0.3, -0.25) is 14.9 Å². The maximum atomic E-state index is 12.0. The fraction of sp³-hybridized carbons (Fsp3) is 0.385. The molecule has 0 aliphatic heterocycles. The molecular formula is C13H16N2O6. The van der Waals surface area contributed by atoms with Crippen LogP contribution in [-0.2, 0) is 4.79 Å². The molecule has 0 heterocycles. The minimum Gasteiger partial charge on any atom is -0.490 e. The Morgan fingerprint density at radius 2 is 2.14 bits per heavy atom. The third kappa shape index (κ3) is 4.16. The Morgan fingerprint density at radius 3 is 2.62 bits per heavy atom. The van der Waals surface area contributed by atoms with Crippen LogP contribution in [0.25, 0.3) is 0 Å². The summed E-state index contributed by atoms with van der Waals surface area (Å²) in [6.07, 6.45) is 0.860. The van der Waals surface area contributed by atoms with Crippen molar-refractivity contribution in [2.75, 3.05) is 7.11 Å². The largest absolute Gasteiger partial charge is 0.490 e. The summed E-state index contributed by atoms with van der Waals surface area (Å²) in [6, 6.07) is 2.66. The van der Waals surface area contributed by atoms with Gasteiger partial charge in [0.1, 0.15) is 6.04 Å². The smallest absolute Gasteiger partial charge is 0.326 e. The monoisotopic (exact) mass is 296 g/mol. The number of nitrogens with one attached hydrogen (secondary N) is 1. The molecule has 0 radical (unpaired) electrons. The summed E-state index contributed by atoms with van der Waals surface area (Å²) in [6.45, 7) is 1.79. The van der Waals surface area contributed by atoms with Crippen LogP contribution in [-0.4, -0.2) is 35.1 Å². The molecule has 0 aliphatic rings. The van der Waals surface area contributed by atoms with Crippen molar-refractivity contribution in [2.24, 2.45) is 0 Å². The highest BCUT2D eigenvalue weighted by atomic mass is 16.6. The van der Waals surface area contributed by atoms with Crippen LogP contribution < -0.4 is 10.1 Å². The van der Waals surface area contributed by atoms with Crippen molar-refractivity contribution >= 4 is 17.6 Å². The van der Waals surface area contributed by atoms with Crippen LogP contribution >= 0.6 is 0 Å². The van der Waals surface area contributed by atoms with Crippen molar-refractivity contribution in [3.8, 4) is 5.75 Å². The molecule has 1 aromatic rings. The van der Waals surface area contributed by atoms with E-state index in [1.165, 1.54) is 19.2 Å². The van der Waals surface area contributed by atoms with Crippen LogP contribution in [0.3, 0.4) is 0 Å². The number of aliphatic carboxylic acids is 1. The number of carbonyl (C=O) groups excluding carboxylic acids is 1. The molecule has 0 spiro atoms. The van der Waals surface area contributed by atoms with Gasteiger partial charge in [-0.05, 0) is 18.6 Å². The number of nitro benzene ring substituents is 1. The van der Waals surface area contributed by atoms with Crippen LogP contribution in [0.4, 0.5) is 5.69 Å². The molecule has 0 fully saturated rings. The van der Waals surface area contributed by atoms with E-state index in [1.54, 1.807) is 6.92 Å². The molecule has 8 nitrogen and oxygen atoms in total. The lowest BCUT2D eigenvalue weighted by molar-refractivity contribution is -0.385. The summed E-state index contributed by atoms with van der Waals surface area (Å²) in [4.78, 5) is 33.2. The normalized spacial score (nSPS) is 11.5. The highest BCUT2D eigenvalue weighted by Gasteiger charge is 2.22. The number of hydrogen-bond donors (Lipinski definition) is 2. The summed E-state index contributed by atoms with van der Waals surface area (Å²) in [5.74, 6) is -1.80. The van der Waals surface area contributed by atoms with E-state index in [1.807, 2.05) is 0 Å². The van der Waals surface area contributed by atoms with E-state index in [-0.39, 0.29) is 23.4 Å². The fourth-order valence-corrected chi connectivity index (χ4v) is 1.76. The lowest BCUT2D eigenvalue weighted by Gasteiger charge is -2.13. The Balaban J connectivity index is 2.99. The lowest BCUT2D eigenvalue weighted by atomic mass is 10.1. The van der Waals surface area contributed by atoms with Gasteiger partial charge in [-0.1, -0.05) is 13.3 Å². The second kappa shape index (κ2) is 7.22. The zero-order chi connectivity index (χ0) is 16.0. The number of amides is 1. The Morgan fingerprint density at radius 1 is 1.48 bits per heavy atom. The summed E-state index contributed by atoms with van der Waals surface area (Å²) in [7, 11) is 1.28. The number of nitrogens with zero attached hydrogens (tertiary/aromatic N) is 1. The number of methoxy groups -OCH3 is 1. The first-order valence-electron chi connectivity index (χ1n) is 6.26. The van der Waals surface area contributed by atoms with E-state index in [2.05, 4.69) is 5.32 Å². The van der Waals surface area contributed by atoms with Gasteiger partial charge in [0.05, 0.1) is 12.0 Å². The maximum Gasteiger partial charge on any atom is 0.326 e. The second-order valence-corrected chi connectivity index (χ2v) is 4.30. The molecule has 0 saturated carbocycles. The molecule has 2 N–H and O–H groups in total. The summed E-state index contributed by atoms with van der Waals surface area (Å²) in [5.41, 5.74) is -0.350. The van der Waals surface area contributed by atoms with Gasteiger partial charge in [0.25, 0.3) is 5.91 Å². The predicted molar refractivity (Wildman–Crippen MR) is 73.4 cm³/mol. The maximum absolute atomic E-state index is 12.0. The number of rotatable bonds is 7. The number of nitro groups is 1. The fourth-order valence-electron chi connectivity index (χ4n) is 1.76. The van der Waals surface area contributed by atoms with E-state index in [0.717, 1.165) is 6.07 Å². The van der Waals surface area contributed by atoms with E-state index in [4.69, 9.17) is 9.84 Å². The molecule has 1 rings (SSSR count). The molecule has 0 aliphatic carbocycles. The first-order chi connectivity index (χ1) is 9.90. The molecular weight excluding hydrogens is 280 g/mol. The Kier molecular flexibility index (Phi) is 5.65. The zero-order valence-electron chi connectivity index (χ0n) is 11.7. The topological polar surface area (TPSA) is 119 Å². The lowest BCUT2D eigenvalue weighted by Crippen LogP contribution is -2.40. The summed E-state index contributed by atoms with van der Waals surface area (Å²) >= 11 is 0. The molecule has 0 saturated heterocycles. The zero-order valence-corrected chi connectivity index (χ0v) is 11.7. The number of carbonyl (C=O) groups is 2. The number of ether oxygens (including phenoxy) is 1. The average Bonchev–Trinajstić information content (AvgIpc) is 2.45. The highest BCUT2D eigenvalue weighted by molar-refractivity contribution is 5.97. The van der Waals surface area contributed by atoms with Crippen molar-refractivity contribution < 1.29 is 24.4 Å². The molecule has 1 atom stereocenters. The van der Waals surface area contributed by atoms with Crippen LogP contribution in [0.15, 0.2) is 18.2 Å². The van der Waals surface area contributed by atoms with Gasteiger partial charge in [0.15, 0.2) is 5.75 Å². The molecule has 0 bridgehead atoms. The third-order valence-corrected chi connectivity index (χ3v) is 2.82. The number of carboxylic acid groups (broad SMARTS) is 1. The van der Waals surface area contributed by atoms with E-state index in [0.29, 0.717) is 6.42 Å². The molecule has 114 valence electrons. The van der Waals surface area contributed by atoms with Gasteiger partial charge in [-0.2, -0.15) is 0 Å². The SMILES string of the molecule is CCC[C@H](NC(=O)c1ccc(OC)c([N+](=O)[O-])c1)C(=O)O. The highest BCUT2D eigenvalue weighted by Crippen LogP contribution is 2.27. The van der Waals surface area contributed by atoms with Crippen molar-refractivity contribution in [3.05, 3.63) is 33.9 Å². The van der Waals surface area contributed by atoms with E-state index < -0.39 is 22.8 Å². The molecule has 0 unspecified atom stereocenters. The van der Waals surface area contributed by atoms with Crippen molar-refractivity contribution in [1.82, 2.24) is 5.32 Å². The van der Waals surface area contributed by atoms with E-state index >= 15 is 0 Å². The first kappa shape index (κ1) is 16.4. The van der Waals surface area contributed by atoms with Gasteiger partial charge in [-0.25, -0.2) is 4.79 Å². The average molecular weight is 296 g/mol. The van der Waals surface area contributed by atoms with Crippen LogP contribution in [0, 0.1) is 10.1 Å². The van der Waals surface area contributed by atoms with Crippen LogP contribution in [0.1, 0.15) is 30.1 Å². The van der Waals surface area contributed by atoms with Gasteiger partial charge >= 0.3 is 11.7 Å². The van der Waals surface area contributed by atoms with Crippen molar-refractivity contribution in [1.29, 1.82) is 0 Å². The van der Waals surface area contributed by atoms with Gasteiger partial charge < -0.3 is 15.2 Å². The quantitative estimate of drug-likeness (QED) is 0.582. The van der Waals surface area contributed by atoms with Gasteiger partial charge in [0.2, 0.25) is 0 Å². The Labute approximate surface area is 120 Å². The third-order valence-electron chi connectivity index (χ3n) is 2.82. The molecule has 21 heavy (non-hydrogen) atoms. The standard InChI is InChI=1S/C13H16N2O6/c1-3-4-9(13(17)18)14-12(16)8-5-6-11(21-2)10(7-8)15(19)20/h5-7,9H,3-4H2,1-2H3,(H,14,16)(H,17,18)/t9-/m0/s1. The molecule has 8 heteroatoms. The summed E-state index contributed by atoms with van der Waals surface area (Å²) in [5, 5.41) is 22.2. The predicted octanol–water partition coefficient (Wildman–Crippen LogP) is 1.59. The Bertz CT molecular complexity index is 558. The summed E-state index contributed by atoms with van der Waals surface area (Å²) < 4.78 is 4.83. The minimum absolute atomic E-state index is 0.00449. The minimum atomic E-state index is -1.15.